The lowest BCUT2D eigenvalue weighted by Gasteiger charge is -2.18. The van der Waals surface area contributed by atoms with E-state index < -0.39 is 5.97 Å². The first kappa shape index (κ1) is 17.1. The number of aliphatic carboxylic acids is 1. The summed E-state index contributed by atoms with van der Waals surface area (Å²) in [5.41, 5.74) is 1.53. The topological polar surface area (TPSA) is 97.1 Å². The molecule has 0 spiro atoms. The standard InChI is InChI=1S/C18H22N4O3/c1-3-19-18-20-11(2)14-10-12(8-9-15(23)24)17(25)22(16(14)21-18)13-6-4-5-7-13/h8-10,13H,3-7H2,1-2H3,(H,23,24)(H,19,20,21)/b9-8+. The Bertz CT molecular complexity index is 895. The first-order chi connectivity index (χ1) is 12.0. The van der Waals surface area contributed by atoms with Gasteiger partial charge in [-0.05, 0) is 38.8 Å². The van der Waals surface area contributed by atoms with Crippen molar-refractivity contribution in [3.8, 4) is 0 Å². The zero-order valence-corrected chi connectivity index (χ0v) is 14.5. The zero-order valence-electron chi connectivity index (χ0n) is 14.5. The van der Waals surface area contributed by atoms with Crippen molar-refractivity contribution in [1.29, 1.82) is 0 Å². The van der Waals surface area contributed by atoms with Crippen LogP contribution in [-0.2, 0) is 4.79 Å². The van der Waals surface area contributed by atoms with Gasteiger partial charge in [0.2, 0.25) is 5.95 Å². The van der Waals surface area contributed by atoms with Crippen LogP contribution < -0.4 is 10.9 Å². The van der Waals surface area contributed by atoms with Gasteiger partial charge in [-0.25, -0.2) is 9.78 Å². The third-order valence-corrected chi connectivity index (χ3v) is 4.54. The summed E-state index contributed by atoms with van der Waals surface area (Å²) in [5, 5.41) is 12.8. The minimum absolute atomic E-state index is 0.0944. The van der Waals surface area contributed by atoms with E-state index in [0.29, 0.717) is 23.7 Å². The van der Waals surface area contributed by atoms with Crippen molar-refractivity contribution < 1.29 is 9.90 Å². The second-order valence-electron chi connectivity index (χ2n) is 6.28. The highest BCUT2D eigenvalue weighted by Gasteiger charge is 2.23. The minimum Gasteiger partial charge on any atom is -0.478 e. The minimum atomic E-state index is -1.08. The van der Waals surface area contributed by atoms with Crippen LogP contribution in [0.2, 0.25) is 0 Å². The van der Waals surface area contributed by atoms with Crippen molar-refractivity contribution in [3.63, 3.8) is 0 Å². The average Bonchev–Trinajstić information content (AvgIpc) is 3.07. The highest BCUT2D eigenvalue weighted by atomic mass is 16.4. The number of fused-ring (bicyclic) bond motifs is 1. The molecule has 3 rings (SSSR count). The number of rotatable bonds is 5. The summed E-state index contributed by atoms with van der Waals surface area (Å²) < 4.78 is 1.74. The summed E-state index contributed by atoms with van der Waals surface area (Å²) in [6.07, 6.45) is 6.37. The number of carbonyl (C=O) groups is 1. The van der Waals surface area contributed by atoms with Crippen LogP contribution in [0, 0.1) is 6.92 Å². The Labute approximate surface area is 145 Å². The molecule has 2 heterocycles. The number of hydrogen-bond donors (Lipinski definition) is 2. The van der Waals surface area contributed by atoms with Gasteiger partial charge < -0.3 is 10.4 Å². The van der Waals surface area contributed by atoms with Crippen LogP contribution in [0.1, 0.15) is 49.9 Å². The number of aromatic nitrogens is 3. The third kappa shape index (κ3) is 3.40. The smallest absolute Gasteiger partial charge is 0.328 e. The second-order valence-corrected chi connectivity index (χ2v) is 6.28. The summed E-state index contributed by atoms with van der Waals surface area (Å²) in [6, 6.07) is 1.78. The summed E-state index contributed by atoms with van der Waals surface area (Å²) >= 11 is 0. The third-order valence-electron chi connectivity index (χ3n) is 4.54. The molecule has 7 heteroatoms. The van der Waals surface area contributed by atoms with E-state index >= 15 is 0 Å². The van der Waals surface area contributed by atoms with E-state index in [9.17, 15) is 9.59 Å². The Hall–Kier alpha value is -2.70. The maximum atomic E-state index is 13.0. The van der Waals surface area contributed by atoms with Crippen LogP contribution in [-0.4, -0.2) is 32.2 Å². The SMILES string of the molecule is CCNc1nc(C)c2cc(/C=C/C(=O)O)c(=O)n(C3CCCC3)c2n1. The monoisotopic (exact) mass is 342 g/mol. The number of anilines is 1. The molecule has 0 amide bonds. The summed E-state index contributed by atoms with van der Waals surface area (Å²) in [7, 11) is 0. The molecule has 2 N–H and O–H groups in total. The molecule has 0 aromatic carbocycles. The largest absolute Gasteiger partial charge is 0.478 e. The Kier molecular flexibility index (Phi) is 4.83. The highest BCUT2D eigenvalue weighted by Crippen LogP contribution is 2.31. The van der Waals surface area contributed by atoms with Crippen molar-refractivity contribution >= 4 is 29.0 Å². The van der Waals surface area contributed by atoms with Gasteiger partial charge in [0.05, 0.1) is 5.69 Å². The van der Waals surface area contributed by atoms with Crippen molar-refractivity contribution in [2.75, 3.05) is 11.9 Å². The number of carboxylic acid groups (broad SMARTS) is 1. The van der Waals surface area contributed by atoms with Crippen molar-refractivity contribution in [1.82, 2.24) is 14.5 Å². The molecule has 0 atom stereocenters. The van der Waals surface area contributed by atoms with Crippen LogP contribution in [0.3, 0.4) is 0 Å². The fourth-order valence-corrected chi connectivity index (χ4v) is 3.39. The first-order valence-corrected chi connectivity index (χ1v) is 8.60. The Morgan fingerprint density at radius 1 is 1.40 bits per heavy atom. The molecule has 0 radical (unpaired) electrons. The maximum absolute atomic E-state index is 13.0. The summed E-state index contributed by atoms with van der Waals surface area (Å²) in [6.45, 7) is 4.53. The summed E-state index contributed by atoms with van der Waals surface area (Å²) in [4.78, 5) is 32.9. The van der Waals surface area contributed by atoms with Gasteiger partial charge in [-0.15, -0.1) is 0 Å². The van der Waals surface area contributed by atoms with Gasteiger partial charge >= 0.3 is 5.97 Å². The molecular weight excluding hydrogens is 320 g/mol. The van der Waals surface area contributed by atoms with E-state index in [1.165, 1.54) is 6.08 Å². The number of nitrogens with zero attached hydrogens (tertiary/aromatic N) is 3. The average molecular weight is 342 g/mol. The summed E-state index contributed by atoms with van der Waals surface area (Å²) in [5.74, 6) is -0.574. The molecule has 1 aliphatic carbocycles. The van der Waals surface area contributed by atoms with Crippen molar-refractivity contribution in [2.24, 2.45) is 0 Å². The predicted molar refractivity (Wildman–Crippen MR) is 96.9 cm³/mol. The van der Waals surface area contributed by atoms with Crippen molar-refractivity contribution in [2.45, 2.75) is 45.6 Å². The van der Waals surface area contributed by atoms with Crippen LogP contribution in [0.4, 0.5) is 5.95 Å². The molecule has 1 saturated carbocycles. The molecule has 2 aromatic heterocycles. The second kappa shape index (κ2) is 7.04. The van der Waals surface area contributed by atoms with Crippen LogP contribution in [0.15, 0.2) is 16.9 Å². The normalized spacial score (nSPS) is 15.3. The van der Waals surface area contributed by atoms with E-state index in [2.05, 4.69) is 15.3 Å². The predicted octanol–water partition coefficient (Wildman–Crippen LogP) is 2.74. The molecule has 1 fully saturated rings. The molecule has 25 heavy (non-hydrogen) atoms. The number of aryl methyl sites for hydroxylation is 1. The number of hydrogen-bond acceptors (Lipinski definition) is 5. The maximum Gasteiger partial charge on any atom is 0.328 e. The Morgan fingerprint density at radius 2 is 2.12 bits per heavy atom. The molecule has 0 saturated heterocycles. The first-order valence-electron chi connectivity index (χ1n) is 8.60. The lowest BCUT2D eigenvalue weighted by Crippen LogP contribution is -2.27. The van der Waals surface area contributed by atoms with Gasteiger partial charge in [-0.1, -0.05) is 12.8 Å². The number of pyridine rings is 1. The van der Waals surface area contributed by atoms with E-state index in [1.54, 1.807) is 10.6 Å². The Morgan fingerprint density at radius 3 is 2.76 bits per heavy atom. The van der Waals surface area contributed by atoms with Gasteiger partial charge in [-0.2, -0.15) is 4.98 Å². The molecule has 0 unspecified atom stereocenters. The molecule has 132 valence electrons. The molecule has 7 nitrogen and oxygen atoms in total. The fourth-order valence-electron chi connectivity index (χ4n) is 3.39. The van der Waals surface area contributed by atoms with Crippen LogP contribution in [0.25, 0.3) is 17.1 Å². The molecule has 2 aromatic rings. The lowest BCUT2D eigenvalue weighted by molar-refractivity contribution is -0.131. The Balaban J connectivity index is 2.29. The van der Waals surface area contributed by atoms with Gasteiger partial charge in [0.1, 0.15) is 5.65 Å². The molecule has 1 aliphatic rings. The number of carboxylic acids is 1. The van der Waals surface area contributed by atoms with Gasteiger partial charge in [0.25, 0.3) is 5.56 Å². The fraction of sp³-hybridized carbons (Fsp3) is 0.444. The van der Waals surface area contributed by atoms with E-state index in [4.69, 9.17) is 5.11 Å². The van der Waals surface area contributed by atoms with Crippen LogP contribution in [0.5, 0.6) is 0 Å². The highest BCUT2D eigenvalue weighted by molar-refractivity contribution is 5.87. The van der Waals surface area contributed by atoms with Crippen LogP contribution >= 0.6 is 0 Å². The van der Waals surface area contributed by atoms with Crippen molar-refractivity contribution in [3.05, 3.63) is 33.8 Å². The number of nitrogens with one attached hydrogen (secondary N) is 1. The van der Waals surface area contributed by atoms with Gasteiger partial charge in [-0.3, -0.25) is 9.36 Å². The molecule has 0 aliphatic heterocycles. The molecule has 0 bridgehead atoms. The quantitative estimate of drug-likeness (QED) is 0.811. The van der Waals surface area contributed by atoms with E-state index in [-0.39, 0.29) is 11.6 Å². The van der Waals surface area contributed by atoms with E-state index in [0.717, 1.165) is 42.8 Å². The molecular formula is C18H22N4O3. The lowest BCUT2D eigenvalue weighted by atomic mass is 10.1. The van der Waals surface area contributed by atoms with Gasteiger partial charge in [0, 0.05) is 29.6 Å². The van der Waals surface area contributed by atoms with E-state index in [1.807, 2.05) is 13.8 Å². The zero-order chi connectivity index (χ0) is 18.0. The van der Waals surface area contributed by atoms with Gasteiger partial charge in [0.15, 0.2) is 0 Å².